The second-order valence-corrected chi connectivity index (χ2v) is 4.08. The van der Waals surface area contributed by atoms with Crippen molar-refractivity contribution in [1.29, 1.82) is 0 Å². The summed E-state index contributed by atoms with van der Waals surface area (Å²) in [6, 6.07) is 0. The number of nitrogens with one attached hydrogen (secondary N) is 1. The number of hydrogen-bond acceptors (Lipinski definition) is 5. The zero-order chi connectivity index (χ0) is 11.9. The summed E-state index contributed by atoms with van der Waals surface area (Å²) in [7, 11) is 0. The highest BCUT2D eigenvalue weighted by Crippen LogP contribution is 2.16. The van der Waals surface area contributed by atoms with Crippen LogP contribution in [-0.4, -0.2) is 35.8 Å². The second kappa shape index (κ2) is 6.51. The average Bonchev–Trinajstić information content (AvgIpc) is 2.88. The highest BCUT2D eigenvalue weighted by atomic mass is 16.5. The van der Waals surface area contributed by atoms with Gasteiger partial charge in [-0.05, 0) is 19.4 Å². The third kappa shape index (κ3) is 3.64. The molecule has 17 heavy (non-hydrogen) atoms. The first-order chi connectivity index (χ1) is 8.40. The van der Waals surface area contributed by atoms with Crippen LogP contribution in [0.2, 0.25) is 0 Å². The van der Waals surface area contributed by atoms with E-state index in [1.54, 1.807) is 6.20 Å². The van der Waals surface area contributed by atoms with E-state index >= 15 is 0 Å². The van der Waals surface area contributed by atoms with Gasteiger partial charge in [-0.2, -0.15) is 0 Å². The molecule has 94 valence electrons. The lowest BCUT2D eigenvalue weighted by Gasteiger charge is -2.13. The van der Waals surface area contributed by atoms with E-state index in [1.165, 1.54) is 6.33 Å². The Kier molecular flexibility index (Phi) is 4.70. The fourth-order valence-electron chi connectivity index (χ4n) is 1.81. The van der Waals surface area contributed by atoms with E-state index in [0.717, 1.165) is 38.1 Å². The van der Waals surface area contributed by atoms with Gasteiger partial charge in [-0.1, -0.05) is 6.92 Å². The Morgan fingerprint density at radius 2 is 2.53 bits per heavy atom. The predicted molar refractivity (Wildman–Crippen MR) is 63.9 cm³/mol. The molecule has 2 heterocycles. The van der Waals surface area contributed by atoms with Crippen LogP contribution in [0.3, 0.4) is 0 Å². The number of rotatable bonds is 6. The molecule has 1 aliphatic rings. The van der Waals surface area contributed by atoms with Crippen LogP contribution in [-0.2, 0) is 11.3 Å². The monoisotopic (exact) mass is 237 g/mol. The molecule has 0 bridgehead atoms. The molecule has 1 atom stereocenters. The Morgan fingerprint density at radius 3 is 3.29 bits per heavy atom. The maximum atomic E-state index is 5.70. The van der Waals surface area contributed by atoms with E-state index in [0.29, 0.717) is 12.5 Å². The molecule has 5 nitrogen and oxygen atoms in total. The molecule has 1 aromatic heterocycles. The van der Waals surface area contributed by atoms with Crippen molar-refractivity contribution < 1.29 is 9.47 Å². The van der Waals surface area contributed by atoms with E-state index in [1.807, 2.05) is 0 Å². The summed E-state index contributed by atoms with van der Waals surface area (Å²) in [6.45, 7) is 5.15. The summed E-state index contributed by atoms with van der Waals surface area (Å²) < 4.78 is 11.2. The zero-order valence-electron chi connectivity index (χ0n) is 10.2. The first-order valence-corrected chi connectivity index (χ1v) is 6.14. The van der Waals surface area contributed by atoms with E-state index in [2.05, 4.69) is 22.2 Å². The quantitative estimate of drug-likeness (QED) is 0.804. The molecule has 0 amide bonds. The summed E-state index contributed by atoms with van der Waals surface area (Å²) in [5.74, 6) is 0.663. The van der Waals surface area contributed by atoms with Gasteiger partial charge in [-0.25, -0.2) is 9.97 Å². The Morgan fingerprint density at radius 1 is 1.59 bits per heavy atom. The minimum atomic E-state index is 0.219. The first-order valence-electron chi connectivity index (χ1n) is 6.14. The highest BCUT2D eigenvalue weighted by molar-refractivity contribution is 5.21. The largest absolute Gasteiger partial charge is 0.475 e. The molecule has 0 spiro atoms. The van der Waals surface area contributed by atoms with E-state index in [-0.39, 0.29) is 6.10 Å². The van der Waals surface area contributed by atoms with E-state index in [4.69, 9.17) is 9.47 Å². The molecule has 5 heteroatoms. The Balaban J connectivity index is 1.89. The Hall–Kier alpha value is -1.20. The van der Waals surface area contributed by atoms with Crippen molar-refractivity contribution in [2.75, 3.05) is 19.8 Å². The summed E-state index contributed by atoms with van der Waals surface area (Å²) >= 11 is 0. The summed E-state index contributed by atoms with van der Waals surface area (Å²) in [5.41, 5.74) is 0.993. The normalized spacial score (nSPS) is 19.5. The molecule has 1 saturated heterocycles. The SMILES string of the molecule is CCNCc1cncnc1OCC1CCCO1. The topological polar surface area (TPSA) is 56.3 Å². The van der Waals surface area contributed by atoms with Crippen LogP contribution in [0, 0.1) is 0 Å². The number of nitrogens with zero attached hydrogens (tertiary/aromatic N) is 2. The van der Waals surface area contributed by atoms with Crippen molar-refractivity contribution in [3.05, 3.63) is 18.1 Å². The van der Waals surface area contributed by atoms with Gasteiger partial charge < -0.3 is 14.8 Å². The van der Waals surface area contributed by atoms with Crippen LogP contribution in [0.1, 0.15) is 25.3 Å². The van der Waals surface area contributed by atoms with Crippen molar-refractivity contribution in [3.8, 4) is 5.88 Å². The van der Waals surface area contributed by atoms with Gasteiger partial charge in [0.1, 0.15) is 12.9 Å². The van der Waals surface area contributed by atoms with Crippen LogP contribution < -0.4 is 10.1 Å². The van der Waals surface area contributed by atoms with Gasteiger partial charge in [0, 0.05) is 24.9 Å². The third-order valence-electron chi connectivity index (χ3n) is 2.74. The lowest BCUT2D eigenvalue weighted by molar-refractivity contribution is 0.0658. The molecule has 0 aromatic carbocycles. The van der Waals surface area contributed by atoms with Crippen molar-refractivity contribution in [1.82, 2.24) is 15.3 Å². The number of hydrogen-bond donors (Lipinski definition) is 1. The zero-order valence-corrected chi connectivity index (χ0v) is 10.2. The van der Waals surface area contributed by atoms with Crippen LogP contribution in [0.5, 0.6) is 5.88 Å². The lowest BCUT2D eigenvalue weighted by Crippen LogP contribution is -2.19. The van der Waals surface area contributed by atoms with Gasteiger partial charge >= 0.3 is 0 Å². The van der Waals surface area contributed by atoms with Crippen LogP contribution in [0.25, 0.3) is 0 Å². The molecule has 1 aliphatic heterocycles. The van der Waals surface area contributed by atoms with E-state index < -0.39 is 0 Å². The second-order valence-electron chi connectivity index (χ2n) is 4.08. The van der Waals surface area contributed by atoms with Crippen molar-refractivity contribution >= 4 is 0 Å². The molecular weight excluding hydrogens is 218 g/mol. The molecule has 1 unspecified atom stereocenters. The first kappa shape index (κ1) is 12.3. The summed E-state index contributed by atoms with van der Waals surface area (Å²) in [6.07, 6.45) is 5.73. The predicted octanol–water partition coefficient (Wildman–Crippen LogP) is 1.14. The molecule has 1 fully saturated rings. The maximum absolute atomic E-state index is 5.70. The lowest BCUT2D eigenvalue weighted by atomic mass is 10.2. The standard InChI is InChI=1S/C12H19N3O2/c1-2-13-6-10-7-14-9-15-12(10)17-8-11-4-3-5-16-11/h7,9,11,13H,2-6,8H2,1H3. The minimum absolute atomic E-state index is 0.219. The van der Waals surface area contributed by atoms with Gasteiger partial charge in [0.25, 0.3) is 0 Å². The molecule has 0 saturated carbocycles. The highest BCUT2D eigenvalue weighted by Gasteiger charge is 2.17. The molecule has 0 aliphatic carbocycles. The average molecular weight is 237 g/mol. The van der Waals surface area contributed by atoms with Crippen LogP contribution in [0.4, 0.5) is 0 Å². The summed E-state index contributed by atoms with van der Waals surface area (Å²) in [4.78, 5) is 8.18. The van der Waals surface area contributed by atoms with Crippen molar-refractivity contribution in [2.45, 2.75) is 32.4 Å². The molecule has 0 radical (unpaired) electrons. The van der Waals surface area contributed by atoms with Gasteiger partial charge in [-0.15, -0.1) is 0 Å². The smallest absolute Gasteiger partial charge is 0.221 e. The van der Waals surface area contributed by atoms with Crippen LogP contribution in [0.15, 0.2) is 12.5 Å². The Labute approximate surface area is 102 Å². The molecular formula is C12H19N3O2. The van der Waals surface area contributed by atoms with Gasteiger partial charge in [0.05, 0.1) is 6.10 Å². The molecule has 1 N–H and O–H groups in total. The van der Waals surface area contributed by atoms with Crippen molar-refractivity contribution in [3.63, 3.8) is 0 Å². The number of aromatic nitrogens is 2. The van der Waals surface area contributed by atoms with Crippen molar-refractivity contribution in [2.24, 2.45) is 0 Å². The van der Waals surface area contributed by atoms with Gasteiger partial charge in [0.15, 0.2) is 0 Å². The fourth-order valence-corrected chi connectivity index (χ4v) is 1.81. The third-order valence-corrected chi connectivity index (χ3v) is 2.74. The van der Waals surface area contributed by atoms with Gasteiger partial charge in [-0.3, -0.25) is 0 Å². The fraction of sp³-hybridized carbons (Fsp3) is 0.667. The van der Waals surface area contributed by atoms with Crippen LogP contribution >= 0.6 is 0 Å². The molecule has 1 aromatic rings. The molecule has 2 rings (SSSR count). The Bertz CT molecular complexity index is 340. The van der Waals surface area contributed by atoms with E-state index in [9.17, 15) is 0 Å². The summed E-state index contributed by atoms with van der Waals surface area (Å²) in [5, 5.41) is 3.24. The number of ether oxygens (including phenoxy) is 2. The van der Waals surface area contributed by atoms with Gasteiger partial charge in [0.2, 0.25) is 5.88 Å². The minimum Gasteiger partial charge on any atom is -0.475 e. The maximum Gasteiger partial charge on any atom is 0.221 e.